The Morgan fingerprint density at radius 3 is 2.39 bits per heavy atom. The zero-order chi connectivity index (χ0) is 22.8. The minimum absolute atomic E-state index is 0.0343. The summed E-state index contributed by atoms with van der Waals surface area (Å²) >= 11 is 0. The van der Waals surface area contributed by atoms with E-state index in [2.05, 4.69) is 4.90 Å². The molecule has 2 aliphatic heterocycles. The van der Waals surface area contributed by atoms with Gasteiger partial charge < -0.3 is 9.80 Å². The molecule has 0 spiro atoms. The summed E-state index contributed by atoms with van der Waals surface area (Å²) in [7, 11) is -3.94. The lowest BCUT2D eigenvalue weighted by atomic mass is 10.0. The van der Waals surface area contributed by atoms with Crippen molar-refractivity contribution in [3.8, 4) is 0 Å². The molecular formula is C21H33N3O5S2. The third-order valence-corrected chi connectivity index (χ3v) is 9.61. The van der Waals surface area contributed by atoms with E-state index in [-0.39, 0.29) is 28.4 Å². The topological polar surface area (TPSA) is 95.1 Å². The van der Waals surface area contributed by atoms with Crippen LogP contribution >= 0.6 is 0 Å². The minimum Gasteiger partial charge on any atom is -0.371 e. The number of hydrogen-bond acceptors (Lipinski definition) is 6. The van der Waals surface area contributed by atoms with E-state index in [9.17, 15) is 21.6 Å². The Balaban J connectivity index is 2.06. The standard InChI is InChI=1S/C21H33N3O5S2/c1-4-11-24(17-10-14-30(26,27)16-17)21(25)19-15-18(31(28,29)22(2)3)8-9-20(19)23-12-6-5-7-13-23/h8-9,15,17H,4-7,10-14,16H2,1-3H3/t17-/m0/s1. The highest BCUT2D eigenvalue weighted by molar-refractivity contribution is 7.91. The number of amides is 1. The van der Waals surface area contributed by atoms with Gasteiger partial charge in [0.05, 0.1) is 22.0 Å². The van der Waals surface area contributed by atoms with Gasteiger partial charge in [-0.25, -0.2) is 21.1 Å². The zero-order valence-corrected chi connectivity index (χ0v) is 20.2. The first-order valence-corrected chi connectivity index (χ1v) is 14.2. The monoisotopic (exact) mass is 471 g/mol. The van der Waals surface area contributed by atoms with Crippen LogP contribution in [0.5, 0.6) is 0 Å². The fourth-order valence-electron chi connectivity index (χ4n) is 4.34. The summed E-state index contributed by atoms with van der Waals surface area (Å²) in [6.07, 6.45) is 4.28. The van der Waals surface area contributed by atoms with Crippen molar-refractivity contribution in [3.63, 3.8) is 0 Å². The Morgan fingerprint density at radius 1 is 1.16 bits per heavy atom. The number of piperidine rings is 1. The first-order valence-electron chi connectivity index (χ1n) is 10.9. The van der Waals surface area contributed by atoms with E-state index < -0.39 is 19.9 Å². The summed E-state index contributed by atoms with van der Waals surface area (Å²) in [6.45, 7) is 4.00. The number of carbonyl (C=O) groups excluding carboxylic acids is 1. The molecule has 2 aliphatic rings. The summed E-state index contributed by atoms with van der Waals surface area (Å²) in [5.74, 6) is -0.243. The third-order valence-electron chi connectivity index (χ3n) is 6.05. The van der Waals surface area contributed by atoms with Gasteiger partial charge in [-0.3, -0.25) is 4.79 Å². The maximum absolute atomic E-state index is 13.7. The smallest absolute Gasteiger partial charge is 0.256 e. The molecule has 1 atom stereocenters. The molecule has 2 heterocycles. The van der Waals surface area contributed by atoms with Crippen LogP contribution in [0.3, 0.4) is 0 Å². The van der Waals surface area contributed by atoms with Gasteiger partial charge in [-0.1, -0.05) is 6.92 Å². The second kappa shape index (κ2) is 9.46. The Morgan fingerprint density at radius 2 is 1.84 bits per heavy atom. The van der Waals surface area contributed by atoms with Gasteiger partial charge in [0.1, 0.15) is 0 Å². The second-order valence-corrected chi connectivity index (χ2v) is 13.0. The lowest BCUT2D eigenvalue weighted by molar-refractivity contribution is 0.0697. The van der Waals surface area contributed by atoms with Gasteiger partial charge in [0.15, 0.2) is 9.84 Å². The van der Waals surface area contributed by atoms with E-state index in [4.69, 9.17) is 0 Å². The SMILES string of the molecule is CCCN(C(=O)c1cc(S(=O)(=O)N(C)C)ccc1N1CCCCC1)[C@H]1CCS(=O)(=O)C1. The minimum atomic E-state index is -3.71. The summed E-state index contributed by atoms with van der Waals surface area (Å²) in [6, 6.07) is 4.37. The summed E-state index contributed by atoms with van der Waals surface area (Å²) in [5.41, 5.74) is 1.06. The van der Waals surface area contributed by atoms with Gasteiger partial charge in [-0.05, 0) is 50.3 Å². The summed E-state index contributed by atoms with van der Waals surface area (Å²) < 4.78 is 50.7. The summed E-state index contributed by atoms with van der Waals surface area (Å²) in [5, 5.41) is 0. The highest BCUT2D eigenvalue weighted by Gasteiger charge is 2.36. The molecule has 2 saturated heterocycles. The van der Waals surface area contributed by atoms with Crippen LogP contribution in [0.2, 0.25) is 0 Å². The molecule has 0 N–H and O–H groups in total. The normalized spacial score (nSPS) is 21.4. The quantitative estimate of drug-likeness (QED) is 0.603. The fraction of sp³-hybridized carbons (Fsp3) is 0.667. The average Bonchev–Trinajstić information content (AvgIpc) is 3.10. The van der Waals surface area contributed by atoms with E-state index in [1.807, 2.05) is 6.92 Å². The van der Waals surface area contributed by atoms with Crippen molar-refractivity contribution in [2.24, 2.45) is 0 Å². The maximum Gasteiger partial charge on any atom is 0.256 e. The molecule has 0 unspecified atom stereocenters. The molecule has 0 bridgehead atoms. The van der Waals surface area contributed by atoms with Crippen molar-refractivity contribution in [2.75, 3.05) is 50.1 Å². The van der Waals surface area contributed by atoms with Crippen molar-refractivity contribution in [3.05, 3.63) is 23.8 Å². The lowest BCUT2D eigenvalue weighted by Gasteiger charge is -2.33. The predicted octanol–water partition coefficient (Wildman–Crippen LogP) is 1.97. The van der Waals surface area contributed by atoms with E-state index >= 15 is 0 Å². The van der Waals surface area contributed by atoms with Gasteiger partial charge in [0.25, 0.3) is 5.91 Å². The van der Waals surface area contributed by atoms with Crippen LogP contribution in [0.4, 0.5) is 5.69 Å². The molecule has 1 aromatic carbocycles. The van der Waals surface area contributed by atoms with E-state index in [0.29, 0.717) is 24.9 Å². The van der Waals surface area contributed by atoms with Gasteiger partial charge in [-0.2, -0.15) is 0 Å². The zero-order valence-electron chi connectivity index (χ0n) is 18.6. The molecule has 0 saturated carbocycles. The maximum atomic E-state index is 13.7. The molecule has 0 aromatic heterocycles. The van der Waals surface area contributed by atoms with Crippen LogP contribution in [0.15, 0.2) is 23.1 Å². The molecule has 1 amide bonds. The Bertz CT molecular complexity index is 1020. The lowest BCUT2D eigenvalue weighted by Crippen LogP contribution is -2.42. The number of rotatable bonds is 7. The fourth-order valence-corrected chi connectivity index (χ4v) is 6.99. The first kappa shape index (κ1) is 24.0. The summed E-state index contributed by atoms with van der Waals surface area (Å²) in [4.78, 5) is 17.6. The Labute approximate surface area is 186 Å². The van der Waals surface area contributed by atoms with Crippen LogP contribution in [0.25, 0.3) is 0 Å². The second-order valence-electron chi connectivity index (χ2n) is 8.57. The van der Waals surface area contributed by atoms with Crippen molar-refractivity contribution in [2.45, 2.75) is 50.0 Å². The van der Waals surface area contributed by atoms with E-state index in [1.165, 1.54) is 20.2 Å². The average molecular weight is 472 g/mol. The highest BCUT2D eigenvalue weighted by atomic mass is 32.2. The van der Waals surface area contributed by atoms with Crippen molar-refractivity contribution in [1.82, 2.24) is 9.21 Å². The molecule has 0 aliphatic carbocycles. The molecule has 1 aromatic rings. The third kappa shape index (κ3) is 5.23. The van der Waals surface area contributed by atoms with Gasteiger partial charge in [0, 0.05) is 45.5 Å². The van der Waals surface area contributed by atoms with Gasteiger partial charge in [-0.15, -0.1) is 0 Å². The first-order chi connectivity index (χ1) is 14.6. The Kier molecular flexibility index (Phi) is 7.32. The van der Waals surface area contributed by atoms with Crippen LogP contribution in [0, 0.1) is 0 Å². The predicted molar refractivity (Wildman–Crippen MR) is 122 cm³/mol. The van der Waals surface area contributed by atoms with Crippen molar-refractivity contribution in [1.29, 1.82) is 0 Å². The molecule has 3 rings (SSSR count). The van der Waals surface area contributed by atoms with Crippen LogP contribution < -0.4 is 4.90 Å². The molecule has 174 valence electrons. The molecular weight excluding hydrogens is 438 g/mol. The van der Waals surface area contributed by atoms with Crippen LogP contribution in [-0.4, -0.2) is 83.2 Å². The molecule has 31 heavy (non-hydrogen) atoms. The number of anilines is 1. The number of nitrogens with zero attached hydrogens (tertiary/aromatic N) is 3. The van der Waals surface area contributed by atoms with Crippen molar-refractivity contribution < 1.29 is 21.6 Å². The van der Waals surface area contributed by atoms with Crippen LogP contribution in [-0.2, 0) is 19.9 Å². The number of carbonyl (C=O) groups is 1. The molecule has 8 nitrogen and oxygen atoms in total. The highest BCUT2D eigenvalue weighted by Crippen LogP contribution is 2.30. The van der Waals surface area contributed by atoms with Gasteiger partial charge >= 0.3 is 0 Å². The molecule has 0 radical (unpaired) electrons. The van der Waals surface area contributed by atoms with E-state index in [0.717, 1.165) is 42.3 Å². The largest absolute Gasteiger partial charge is 0.371 e. The van der Waals surface area contributed by atoms with Crippen LogP contribution in [0.1, 0.15) is 49.4 Å². The van der Waals surface area contributed by atoms with Gasteiger partial charge in [0.2, 0.25) is 10.0 Å². The number of sulfone groups is 1. The van der Waals surface area contributed by atoms with E-state index in [1.54, 1.807) is 17.0 Å². The van der Waals surface area contributed by atoms with Crippen molar-refractivity contribution >= 4 is 31.5 Å². The Hall–Kier alpha value is -1.65. The number of benzene rings is 1. The molecule has 2 fully saturated rings. The number of hydrogen-bond donors (Lipinski definition) is 0. The molecule has 10 heteroatoms. The number of sulfonamides is 1.